The lowest BCUT2D eigenvalue weighted by molar-refractivity contribution is 0.340. The molecule has 2 aliphatic rings. The number of ether oxygens (including phenoxy) is 2. The van der Waals surface area contributed by atoms with Crippen molar-refractivity contribution in [2.75, 3.05) is 23.2 Å². The highest BCUT2D eigenvalue weighted by Gasteiger charge is 2.32. The first-order chi connectivity index (χ1) is 31.6. The Kier molecular flexibility index (Phi) is 10.2. The minimum Gasteiger partial charge on any atom is -0.494 e. The van der Waals surface area contributed by atoms with E-state index in [2.05, 4.69) is 153 Å². The normalized spacial score (nSPS) is 16.1. The Morgan fingerprint density at radius 1 is 0.453 bits per heavy atom. The first-order valence-electron chi connectivity index (χ1n) is 22.0. The Balaban J connectivity index is 0.884. The Morgan fingerprint density at radius 3 is 1.20 bits per heavy atom. The minimum absolute atomic E-state index is 0.00303. The van der Waals surface area contributed by atoms with Gasteiger partial charge in [0.1, 0.15) is 23.1 Å². The molecule has 2 aromatic heterocycles. The summed E-state index contributed by atoms with van der Waals surface area (Å²) < 4.78 is 11.6. The topological polar surface area (TPSA) is 107 Å². The van der Waals surface area contributed by atoms with Gasteiger partial charge in [0, 0.05) is 24.0 Å². The van der Waals surface area contributed by atoms with Gasteiger partial charge in [0.15, 0.2) is 0 Å². The van der Waals surface area contributed by atoms with Crippen LogP contribution in [0.3, 0.4) is 0 Å². The Morgan fingerprint density at radius 2 is 0.828 bits per heavy atom. The highest BCUT2D eigenvalue weighted by Crippen LogP contribution is 2.40. The molecule has 2 atom stereocenters. The summed E-state index contributed by atoms with van der Waals surface area (Å²) in [7, 11) is 0. The lowest BCUT2D eigenvalue weighted by Gasteiger charge is -2.24. The number of aromatic nitrogens is 4. The molecule has 0 spiro atoms. The predicted molar refractivity (Wildman–Crippen MR) is 257 cm³/mol. The number of hydrogen-bond donors (Lipinski definition) is 2. The van der Waals surface area contributed by atoms with Gasteiger partial charge in [0.05, 0.1) is 70.2 Å². The smallest absolute Gasteiger partial charge is 0.138 e. The van der Waals surface area contributed by atoms with Gasteiger partial charge < -0.3 is 19.4 Å². The van der Waals surface area contributed by atoms with Crippen LogP contribution in [0.1, 0.15) is 61.0 Å². The average molecular weight is 839 g/mol. The number of H-pyrrole nitrogens is 2. The number of nitrogens with one attached hydrogen (secondary N) is 2. The van der Waals surface area contributed by atoms with Gasteiger partial charge in [-0.1, -0.05) is 72.8 Å². The summed E-state index contributed by atoms with van der Waals surface area (Å²) in [6.45, 7) is 5.26. The van der Waals surface area contributed by atoms with E-state index in [0.29, 0.717) is 13.2 Å². The number of nitrogens with zero attached hydrogens (tertiary/aromatic N) is 6. The number of benzene rings is 7. The molecule has 314 valence electrons. The van der Waals surface area contributed by atoms with Crippen molar-refractivity contribution < 1.29 is 9.47 Å². The molecule has 4 heterocycles. The van der Waals surface area contributed by atoms with Crippen LogP contribution in [0.2, 0.25) is 0 Å². The van der Waals surface area contributed by atoms with E-state index in [0.717, 1.165) is 103 Å². The highest BCUT2D eigenvalue weighted by atomic mass is 16.5. The Hall–Kier alpha value is -7.98. The van der Waals surface area contributed by atoms with Gasteiger partial charge >= 0.3 is 0 Å². The standard InChI is InChI=1S/C54H46N8O2/c1-3-63-43-29-21-37(22-30-43)51-33-49(59-61(51)41-25-17-39(18-26-41)53-55-45-9-5-6-10-46(45)56-53)35-13-15-36(16-14-35)50-34-52(38-23-31-44(32-24-38)64-4-2)62(60-50)42-27-19-40(20-28-42)54-57-47-11-7-8-12-48(47)58-54/h5-32,51-52H,3-4,33-34H2,1-2H3,(H,55,56)(H,57,58). The summed E-state index contributed by atoms with van der Waals surface area (Å²) in [5.74, 6) is 3.42. The Bertz CT molecular complexity index is 2850. The molecule has 2 aliphatic heterocycles. The summed E-state index contributed by atoms with van der Waals surface area (Å²) in [5.41, 5.74) is 14.6. The maximum atomic E-state index is 5.79. The highest BCUT2D eigenvalue weighted by molar-refractivity contribution is 6.06. The van der Waals surface area contributed by atoms with Gasteiger partial charge in [-0.3, -0.25) is 10.0 Å². The molecule has 10 nitrogen and oxygen atoms in total. The molecule has 2 unspecified atom stereocenters. The second-order valence-corrected chi connectivity index (χ2v) is 16.1. The van der Waals surface area contributed by atoms with Crippen LogP contribution in [0, 0.1) is 0 Å². The third-order valence-electron chi connectivity index (χ3n) is 12.1. The van der Waals surface area contributed by atoms with Crippen LogP contribution in [0.25, 0.3) is 44.8 Å². The van der Waals surface area contributed by atoms with Gasteiger partial charge in [-0.05, 0) is 133 Å². The van der Waals surface area contributed by atoms with Crippen LogP contribution in [-0.2, 0) is 0 Å². The molecule has 0 fully saturated rings. The fraction of sp³-hybridized carbons (Fsp3) is 0.148. The number of fused-ring (bicyclic) bond motifs is 2. The lowest BCUT2D eigenvalue weighted by Crippen LogP contribution is -2.18. The molecule has 0 amide bonds. The second kappa shape index (κ2) is 16.7. The monoisotopic (exact) mass is 838 g/mol. The van der Waals surface area contributed by atoms with E-state index in [4.69, 9.17) is 29.6 Å². The largest absolute Gasteiger partial charge is 0.494 e. The number of hydrazone groups is 2. The van der Waals surface area contributed by atoms with Crippen LogP contribution in [0.15, 0.2) is 180 Å². The molecular formula is C54H46N8O2. The zero-order valence-electron chi connectivity index (χ0n) is 35.6. The molecule has 9 aromatic rings. The predicted octanol–water partition coefficient (Wildman–Crippen LogP) is 12.3. The fourth-order valence-corrected chi connectivity index (χ4v) is 8.85. The number of imidazole rings is 2. The molecule has 10 heteroatoms. The van der Waals surface area contributed by atoms with Crippen molar-refractivity contribution >= 4 is 44.9 Å². The van der Waals surface area contributed by atoms with E-state index in [1.54, 1.807) is 0 Å². The summed E-state index contributed by atoms with van der Waals surface area (Å²) in [5, 5.41) is 14.9. The van der Waals surface area contributed by atoms with Crippen molar-refractivity contribution in [3.63, 3.8) is 0 Å². The number of aromatic amines is 2. The van der Waals surface area contributed by atoms with E-state index in [1.165, 1.54) is 11.1 Å². The lowest BCUT2D eigenvalue weighted by atomic mass is 9.95. The van der Waals surface area contributed by atoms with Crippen LogP contribution < -0.4 is 19.5 Å². The van der Waals surface area contributed by atoms with Crippen LogP contribution >= 0.6 is 0 Å². The average Bonchev–Trinajstić information content (AvgIpc) is 4.18. The third kappa shape index (κ3) is 7.53. The second-order valence-electron chi connectivity index (χ2n) is 16.1. The fourth-order valence-electron chi connectivity index (χ4n) is 8.85. The zero-order valence-corrected chi connectivity index (χ0v) is 35.6. The molecule has 0 aliphatic carbocycles. The first kappa shape index (κ1) is 38.9. The van der Waals surface area contributed by atoms with Gasteiger partial charge in [-0.2, -0.15) is 10.2 Å². The summed E-state index contributed by atoms with van der Waals surface area (Å²) >= 11 is 0. The van der Waals surface area contributed by atoms with Crippen molar-refractivity contribution in [3.05, 3.63) is 192 Å². The molecule has 11 rings (SSSR count). The first-order valence-corrected chi connectivity index (χ1v) is 22.0. The molecule has 0 radical (unpaired) electrons. The van der Waals surface area contributed by atoms with Gasteiger partial charge in [-0.25, -0.2) is 9.97 Å². The molecule has 0 saturated carbocycles. The van der Waals surface area contributed by atoms with E-state index in [-0.39, 0.29) is 12.1 Å². The SMILES string of the molecule is CCOc1ccc(C2CC(c3ccc(C4=NN(c5ccc(-c6nc7ccccc7[nH]6)cc5)C(c5ccc(OCC)cc5)C4)cc3)=NN2c2ccc(-c3nc4ccccc4[nH]3)cc2)cc1. The number of para-hydroxylation sites is 4. The van der Waals surface area contributed by atoms with E-state index >= 15 is 0 Å². The summed E-state index contributed by atoms with van der Waals surface area (Å²) in [6, 6.07) is 58.8. The van der Waals surface area contributed by atoms with Crippen LogP contribution in [-0.4, -0.2) is 44.6 Å². The third-order valence-corrected chi connectivity index (χ3v) is 12.1. The molecule has 0 bridgehead atoms. The zero-order chi connectivity index (χ0) is 43.0. The summed E-state index contributed by atoms with van der Waals surface area (Å²) in [4.78, 5) is 16.6. The van der Waals surface area contributed by atoms with E-state index in [9.17, 15) is 0 Å². The van der Waals surface area contributed by atoms with Crippen molar-refractivity contribution in [1.82, 2.24) is 19.9 Å². The summed E-state index contributed by atoms with van der Waals surface area (Å²) in [6.07, 6.45) is 1.49. The number of anilines is 2. The maximum Gasteiger partial charge on any atom is 0.138 e. The molecule has 0 saturated heterocycles. The van der Waals surface area contributed by atoms with Crippen molar-refractivity contribution in [1.29, 1.82) is 0 Å². The van der Waals surface area contributed by atoms with Crippen molar-refractivity contribution in [2.24, 2.45) is 10.2 Å². The quantitative estimate of drug-likeness (QED) is 0.127. The number of rotatable bonds is 12. The maximum absolute atomic E-state index is 5.79. The molecule has 2 N–H and O–H groups in total. The molecule has 7 aromatic carbocycles. The van der Waals surface area contributed by atoms with Gasteiger partial charge in [0.2, 0.25) is 0 Å². The van der Waals surface area contributed by atoms with Crippen molar-refractivity contribution in [2.45, 2.75) is 38.8 Å². The molecule has 64 heavy (non-hydrogen) atoms. The minimum atomic E-state index is 0.00303. The molecular weight excluding hydrogens is 793 g/mol. The van der Waals surface area contributed by atoms with Crippen LogP contribution in [0.5, 0.6) is 11.5 Å². The van der Waals surface area contributed by atoms with Gasteiger partial charge in [0.25, 0.3) is 0 Å². The van der Waals surface area contributed by atoms with Crippen molar-refractivity contribution in [3.8, 4) is 34.3 Å². The number of hydrogen-bond acceptors (Lipinski definition) is 8. The van der Waals surface area contributed by atoms with Crippen LogP contribution in [0.4, 0.5) is 11.4 Å². The Labute approximate surface area is 371 Å². The van der Waals surface area contributed by atoms with E-state index < -0.39 is 0 Å². The van der Waals surface area contributed by atoms with Gasteiger partial charge in [-0.15, -0.1) is 0 Å². The van der Waals surface area contributed by atoms with E-state index in [1.807, 2.05) is 50.2 Å².